The third kappa shape index (κ3) is 4.52. The molecule has 8 nitrogen and oxygen atoms in total. The summed E-state index contributed by atoms with van der Waals surface area (Å²) in [6, 6.07) is 21.1. The molecule has 0 aliphatic carbocycles. The maximum atomic E-state index is 12.7. The number of carbonyl (C=O) groups excluding carboxylic acids is 3. The predicted octanol–water partition coefficient (Wildman–Crippen LogP) is 4.27. The number of hydrogen-bond donors (Lipinski definition) is 1. The van der Waals surface area contributed by atoms with Crippen molar-refractivity contribution in [1.82, 2.24) is 0 Å². The normalized spacial score (nSPS) is 15.6. The number of nitro benzene ring substituents is 1. The molecule has 32 heavy (non-hydrogen) atoms. The van der Waals surface area contributed by atoms with E-state index in [1.807, 2.05) is 6.07 Å². The summed E-state index contributed by atoms with van der Waals surface area (Å²) in [5, 5.41) is 13.1. The number of nitrogens with one attached hydrogen (secondary N) is 1. The molecule has 3 amide bonds. The maximum Gasteiger partial charge on any atom is 0.270 e. The molecule has 0 spiro atoms. The third-order valence-electron chi connectivity index (χ3n) is 4.83. The molecule has 0 saturated carbocycles. The van der Waals surface area contributed by atoms with Gasteiger partial charge < -0.3 is 5.32 Å². The third-order valence-corrected chi connectivity index (χ3v) is 6.03. The predicted molar refractivity (Wildman–Crippen MR) is 121 cm³/mol. The molecule has 1 aliphatic heterocycles. The lowest BCUT2D eigenvalue weighted by Crippen LogP contribution is -2.30. The van der Waals surface area contributed by atoms with Crippen molar-refractivity contribution in [2.75, 3.05) is 10.2 Å². The highest BCUT2D eigenvalue weighted by Crippen LogP contribution is 2.34. The van der Waals surface area contributed by atoms with Crippen LogP contribution in [0.1, 0.15) is 16.8 Å². The number of thioether (sulfide) groups is 1. The molecule has 1 fully saturated rings. The summed E-state index contributed by atoms with van der Waals surface area (Å²) in [4.78, 5) is 49.8. The van der Waals surface area contributed by atoms with E-state index < -0.39 is 16.1 Å². The van der Waals surface area contributed by atoms with Crippen LogP contribution in [0.5, 0.6) is 0 Å². The SMILES string of the molecule is O=C(Nc1ccc(SC2CC(=O)N(c3ccccc3)C2=O)cc1)c1cccc([N+](=O)[O-])c1. The van der Waals surface area contributed by atoms with Gasteiger partial charge in [-0.2, -0.15) is 0 Å². The molecule has 1 saturated heterocycles. The molecule has 3 aromatic rings. The first-order valence-corrected chi connectivity index (χ1v) is 10.5. The van der Waals surface area contributed by atoms with E-state index in [1.165, 1.54) is 40.9 Å². The number of carbonyl (C=O) groups is 3. The number of imide groups is 1. The minimum Gasteiger partial charge on any atom is -0.322 e. The number of para-hydroxylation sites is 1. The number of amides is 3. The first-order valence-electron chi connectivity index (χ1n) is 9.67. The molecule has 3 aromatic carbocycles. The van der Waals surface area contributed by atoms with Gasteiger partial charge >= 0.3 is 0 Å². The number of rotatable bonds is 6. The van der Waals surface area contributed by atoms with Crippen LogP contribution < -0.4 is 10.2 Å². The van der Waals surface area contributed by atoms with Gasteiger partial charge in [0.2, 0.25) is 11.8 Å². The fourth-order valence-corrected chi connectivity index (χ4v) is 4.34. The van der Waals surface area contributed by atoms with Gasteiger partial charge in [0.15, 0.2) is 0 Å². The van der Waals surface area contributed by atoms with Crippen LogP contribution in [0.3, 0.4) is 0 Å². The van der Waals surface area contributed by atoms with E-state index in [4.69, 9.17) is 0 Å². The number of anilines is 2. The largest absolute Gasteiger partial charge is 0.322 e. The Balaban J connectivity index is 1.41. The molecule has 0 radical (unpaired) electrons. The molecule has 9 heteroatoms. The maximum absolute atomic E-state index is 12.7. The molecular formula is C23H17N3O5S. The van der Waals surface area contributed by atoms with Crippen LogP contribution >= 0.6 is 11.8 Å². The second-order valence-electron chi connectivity index (χ2n) is 7.00. The van der Waals surface area contributed by atoms with Crippen molar-refractivity contribution in [3.8, 4) is 0 Å². The first-order chi connectivity index (χ1) is 15.4. The topological polar surface area (TPSA) is 110 Å². The fourth-order valence-electron chi connectivity index (χ4n) is 3.29. The summed E-state index contributed by atoms with van der Waals surface area (Å²) in [5.41, 5.74) is 1.08. The Morgan fingerprint density at radius 3 is 2.41 bits per heavy atom. The van der Waals surface area contributed by atoms with Gasteiger partial charge in [-0.15, -0.1) is 11.8 Å². The number of hydrogen-bond acceptors (Lipinski definition) is 6. The van der Waals surface area contributed by atoms with Crippen LogP contribution in [0.2, 0.25) is 0 Å². The molecule has 1 unspecified atom stereocenters. The lowest BCUT2D eigenvalue weighted by Gasteiger charge is -2.14. The lowest BCUT2D eigenvalue weighted by atomic mass is 10.2. The zero-order chi connectivity index (χ0) is 22.7. The first kappa shape index (κ1) is 21.3. The molecule has 1 atom stereocenters. The molecule has 160 valence electrons. The van der Waals surface area contributed by atoms with Crippen molar-refractivity contribution >= 4 is 46.5 Å². The summed E-state index contributed by atoms with van der Waals surface area (Å²) in [7, 11) is 0. The van der Waals surface area contributed by atoms with E-state index in [1.54, 1.807) is 48.5 Å². The molecule has 4 rings (SSSR count). The molecular weight excluding hydrogens is 430 g/mol. The standard InChI is InChI=1S/C23H17N3O5S/c27-21-14-20(23(29)25(21)17-6-2-1-3-7-17)32-19-11-9-16(10-12-19)24-22(28)15-5-4-8-18(13-15)26(30)31/h1-13,20H,14H2,(H,24,28). The van der Waals surface area contributed by atoms with Gasteiger partial charge in [-0.1, -0.05) is 24.3 Å². The van der Waals surface area contributed by atoms with Gasteiger partial charge in [-0.25, -0.2) is 4.90 Å². The van der Waals surface area contributed by atoms with Gasteiger partial charge in [-0.3, -0.25) is 24.5 Å². The average Bonchev–Trinajstić information content (AvgIpc) is 3.08. The number of non-ortho nitro benzene ring substituents is 1. The van der Waals surface area contributed by atoms with Crippen molar-refractivity contribution in [1.29, 1.82) is 0 Å². The zero-order valence-electron chi connectivity index (χ0n) is 16.6. The monoisotopic (exact) mass is 447 g/mol. The van der Waals surface area contributed by atoms with Gasteiger partial charge in [0, 0.05) is 34.7 Å². The van der Waals surface area contributed by atoms with Gasteiger partial charge in [0.1, 0.15) is 0 Å². The summed E-state index contributed by atoms with van der Waals surface area (Å²) in [5.74, 6) is -0.960. The van der Waals surface area contributed by atoms with Gasteiger partial charge in [0.25, 0.3) is 11.6 Å². The minimum atomic E-state index is -0.559. The molecule has 1 aliphatic rings. The minimum absolute atomic E-state index is 0.115. The van der Waals surface area contributed by atoms with Crippen LogP contribution in [0, 0.1) is 10.1 Å². The highest BCUT2D eigenvalue weighted by molar-refractivity contribution is 8.00. The smallest absolute Gasteiger partial charge is 0.270 e. The highest BCUT2D eigenvalue weighted by atomic mass is 32.2. The number of nitro groups is 1. The Kier molecular flexibility index (Phi) is 6.00. The Morgan fingerprint density at radius 1 is 1.00 bits per heavy atom. The Morgan fingerprint density at radius 2 is 1.72 bits per heavy atom. The van der Waals surface area contributed by atoms with Gasteiger partial charge in [0.05, 0.1) is 15.9 Å². The van der Waals surface area contributed by atoms with E-state index in [0.29, 0.717) is 11.4 Å². The summed E-state index contributed by atoms with van der Waals surface area (Å²) >= 11 is 1.29. The molecule has 1 heterocycles. The second-order valence-corrected chi connectivity index (χ2v) is 8.28. The summed E-state index contributed by atoms with van der Waals surface area (Å²) < 4.78 is 0. The van der Waals surface area contributed by atoms with Crippen molar-refractivity contribution in [2.24, 2.45) is 0 Å². The van der Waals surface area contributed by atoms with Crippen molar-refractivity contribution in [3.63, 3.8) is 0 Å². The van der Waals surface area contributed by atoms with E-state index in [2.05, 4.69) is 5.32 Å². The van der Waals surface area contributed by atoms with Crippen molar-refractivity contribution in [3.05, 3.63) is 94.5 Å². The summed E-state index contributed by atoms with van der Waals surface area (Å²) in [6.45, 7) is 0. The Labute approximate surface area is 187 Å². The van der Waals surface area contributed by atoms with Crippen LogP contribution in [-0.2, 0) is 9.59 Å². The number of nitrogens with zero attached hydrogens (tertiary/aromatic N) is 2. The van der Waals surface area contributed by atoms with E-state index in [0.717, 1.165) is 4.90 Å². The zero-order valence-corrected chi connectivity index (χ0v) is 17.5. The lowest BCUT2D eigenvalue weighted by molar-refractivity contribution is -0.384. The second kappa shape index (κ2) is 9.03. The van der Waals surface area contributed by atoms with E-state index in [-0.39, 0.29) is 29.5 Å². The molecule has 0 bridgehead atoms. The molecule has 0 aromatic heterocycles. The van der Waals surface area contributed by atoms with Gasteiger partial charge in [-0.05, 0) is 42.5 Å². The summed E-state index contributed by atoms with van der Waals surface area (Å²) in [6.07, 6.45) is 0.115. The van der Waals surface area contributed by atoms with Crippen molar-refractivity contribution in [2.45, 2.75) is 16.6 Å². The number of benzene rings is 3. The van der Waals surface area contributed by atoms with Crippen LogP contribution in [0.4, 0.5) is 17.1 Å². The van der Waals surface area contributed by atoms with E-state index >= 15 is 0 Å². The average molecular weight is 447 g/mol. The van der Waals surface area contributed by atoms with Crippen LogP contribution in [0.15, 0.2) is 83.8 Å². The van der Waals surface area contributed by atoms with E-state index in [9.17, 15) is 24.5 Å². The van der Waals surface area contributed by atoms with Crippen molar-refractivity contribution < 1.29 is 19.3 Å². The van der Waals surface area contributed by atoms with Crippen LogP contribution in [0.25, 0.3) is 0 Å². The highest BCUT2D eigenvalue weighted by Gasteiger charge is 2.40. The molecule has 1 N–H and O–H groups in total. The quantitative estimate of drug-likeness (QED) is 0.343. The Hall–Kier alpha value is -3.98. The Bertz CT molecular complexity index is 1200. The fraction of sp³-hybridized carbons (Fsp3) is 0.0870. The van der Waals surface area contributed by atoms with Crippen LogP contribution in [-0.4, -0.2) is 27.9 Å².